The minimum atomic E-state index is -0.103. The molecule has 2 aromatic carbocycles. The van der Waals surface area contributed by atoms with Crippen molar-refractivity contribution in [1.29, 1.82) is 0 Å². The molecular formula is C20H23N3OS. The first-order valence-corrected chi connectivity index (χ1v) is 9.91. The van der Waals surface area contributed by atoms with Gasteiger partial charge in [0.1, 0.15) is 5.84 Å². The zero-order valence-corrected chi connectivity index (χ0v) is 15.0. The van der Waals surface area contributed by atoms with E-state index in [1.165, 1.54) is 0 Å². The van der Waals surface area contributed by atoms with Crippen molar-refractivity contribution in [3.63, 3.8) is 0 Å². The first-order chi connectivity index (χ1) is 12.3. The molecule has 2 heterocycles. The Kier molecular flexibility index (Phi) is 4.68. The molecule has 2 aliphatic rings. The quantitative estimate of drug-likeness (QED) is 0.784. The van der Waals surface area contributed by atoms with E-state index in [9.17, 15) is 5.11 Å². The van der Waals surface area contributed by atoms with E-state index in [2.05, 4.69) is 28.8 Å². The Morgan fingerprint density at radius 3 is 2.40 bits per heavy atom. The van der Waals surface area contributed by atoms with Crippen LogP contribution < -0.4 is 10.6 Å². The molecule has 0 aromatic heterocycles. The van der Waals surface area contributed by atoms with E-state index < -0.39 is 0 Å². The van der Waals surface area contributed by atoms with Gasteiger partial charge in [-0.3, -0.25) is 4.99 Å². The predicted octanol–water partition coefficient (Wildman–Crippen LogP) is 3.88. The number of aliphatic hydroxyl groups is 1. The summed E-state index contributed by atoms with van der Waals surface area (Å²) in [6, 6.07) is 16.3. The zero-order chi connectivity index (χ0) is 17.1. The molecule has 2 aliphatic heterocycles. The SMILES string of the molecule is OCc1ccccc1CN=C1Nc2ccccc2NC12CCSCC2. The summed E-state index contributed by atoms with van der Waals surface area (Å²) in [7, 11) is 0. The Morgan fingerprint density at radius 1 is 0.960 bits per heavy atom. The number of para-hydroxylation sites is 2. The van der Waals surface area contributed by atoms with Gasteiger partial charge in [0.25, 0.3) is 0 Å². The van der Waals surface area contributed by atoms with E-state index in [-0.39, 0.29) is 12.1 Å². The number of rotatable bonds is 3. The van der Waals surface area contributed by atoms with Gasteiger partial charge in [-0.05, 0) is 47.6 Å². The Bertz CT molecular complexity index is 784. The van der Waals surface area contributed by atoms with Gasteiger partial charge < -0.3 is 15.7 Å². The van der Waals surface area contributed by atoms with Crippen LogP contribution in [-0.2, 0) is 13.2 Å². The van der Waals surface area contributed by atoms with Crippen LogP contribution in [0.1, 0.15) is 24.0 Å². The van der Waals surface area contributed by atoms with Gasteiger partial charge in [-0.15, -0.1) is 0 Å². The van der Waals surface area contributed by atoms with Crippen molar-refractivity contribution in [2.75, 3.05) is 22.1 Å². The van der Waals surface area contributed by atoms with Crippen LogP contribution in [0.15, 0.2) is 53.5 Å². The van der Waals surface area contributed by atoms with Crippen molar-refractivity contribution < 1.29 is 5.11 Å². The Hall–Kier alpha value is -1.98. The van der Waals surface area contributed by atoms with E-state index in [1.54, 1.807) is 0 Å². The second-order valence-corrected chi connectivity index (χ2v) is 7.81. The number of hydrogen-bond donors (Lipinski definition) is 3. The maximum atomic E-state index is 9.55. The number of amidine groups is 1. The maximum absolute atomic E-state index is 9.55. The fraction of sp³-hybridized carbons (Fsp3) is 0.350. The Balaban J connectivity index is 1.67. The third-order valence-electron chi connectivity index (χ3n) is 5.05. The van der Waals surface area contributed by atoms with E-state index in [0.717, 1.165) is 52.7 Å². The number of anilines is 2. The van der Waals surface area contributed by atoms with Gasteiger partial charge in [-0.1, -0.05) is 36.4 Å². The van der Waals surface area contributed by atoms with Crippen LogP contribution in [0.5, 0.6) is 0 Å². The predicted molar refractivity (Wildman–Crippen MR) is 106 cm³/mol. The number of aliphatic imine (C=N–C) groups is 1. The topological polar surface area (TPSA) is 56.7 Å². The molecule has 4 nitrogen and oxygen atoms in total. The highest BCUT2D eigenvalue weighted by Gasteiger charge is 2.40. The summed E-state index contributed by atoms with van der Waals surface area (Å²) < 4.78 is 0. The highest BCUT2D eigenvalue weighted by atomic mass is 32.2. The minimum absolute atomic E-state index is 0.0529. The molecule has 1 fully saturated rings. The fourth-order valence-electron chi connectivity index (χ4n) is 3.57. The normalized spacial score (nSPS) is 20.0. The van der Waals surface area contributed by atoms with E-state index in [4.69, 9.17) is 4.99 Å². The lowest BCUT2D eigenvalue weighted by Gasteiger charge is -2.43. The van der Waals surface area contributed by atoms with Gasteiger partial charge in [-0.2, -0.15) is 11.8 Å². The molecule has 5 heteroatoms. The fourth-order valence-corrected chi connectivity index (χ4v) is 4.76. The number of aliphatic hydroxyl groups excluding tert-OH is 1. The van der Waals surface area contributed by atoms with Gasteiger partial charge in [0.2, 0.25) is 0 Å². The van der Waals surface area contributed by atoms with Gasteiger partial charge in [0.15, 0.2) is 0 Å². The van der Waals surface area contributed by atoms with Crippen LogP contribution >= 0.6 is 11.8 Å². The molecule has 3 N–H and O–H groups in total. The van der Waals surface area contributed by atoms with E-state index in [0.29, 0.717) is 6.54 Å². The number of benzene rings is 2. The molecule has 0 aliphatic carbocycles. The number of hydrogen-bond acceptors (Lipinski definition) is 4. The third kappa shape index (κ3) is 3.26. The standard InChI is InChI=1S/C20H23N3OS/c24-14-16-6-2-1-5-15(16)13-21-19-20(9-11-25-12-10-20)23-18-8-4-3-7-17(18)22-19/h1-8,23-24H,9-14H2,(H,21,22). The van der Waals surface area contributed by atoms with Crippen LogP contribution in [0.4, 0.5) is 11.4 Å². The first kappa shape index (κ1) is 16.5. The summed E-state index contributed by atoms with van der Waals surface area (Å²) >= 11 is 2.01. The van der Waals surface area contributed by atoms with E-state index >= 15 is 0 Å². The largest absolute Gasteiger partial charge is 0.392 e. The summed E-state index contributed by atoms with van der Waals surface area (Å²) in [5.41, 5.74) is 4.17. The minimum Gasteiger partial charge on any atom is -0.392 e. The Morgan fingerprint density at radius 2 is 1.64 bits per heavy atom. The van der Waals surface area contributed by atoms with Gasteiger partial charge >= 0.3 is 0 Å². The molecule has 0 amide bonds. The van der Waals surface area contributed by atoms with Crippen molar-refractivity contribution in [3.05, 3.63) is 59.7 Å². The number of nitrogens with one attached hydrogen (secondary N) is 2. The summed E-state index contributed by atoms with van der Waals surface area (Å²) in [5, 5.41) is 16.9. The average Bonchev–Trinajstić information content (AvgIpc) is 2.67. The maximum Gasteiger partial charge on any atom is 0.127 e. The molecule has 0 atom stereocenters. The second-order valence-electron chi connectivity index (χ2n) is 6.58. The summed E-state index contributed by atoms with van der Waals surface area (Å²) in [6.07, 6.45) is 2.14. The number of fused-ring (bicyclic) bond motifs is 1. The average molecular weight is 353 g/mol. The molecular weight excluding hydrogens is 330 g/mol. The van der Waals surface area contributed by atoms with Crippen LogP contribution in [0.2, 0.25) is 0 Å². The summed E-state index contributed by atoms with van der Waals surface area (Å²) in [6.45, 7) is 0.634. The smallest absolute Gasteiger partial charge is 0.127 e. The molecule has 1 saturated heterocycles. The molecule has 25 heavy (non-hydrogen) atoms. The Labute approximate surface area is 152 Å². The monoisotopic (exact) mass is 353 g/mol. The van der Waals surface area contributed by atoms with Crippen LogP contribution in [0.3, 0.4) is 0 Å². The van der Waals surface area contributed by atoms with Crippen LogP contribution in [0, 0.1) is 0 Å². The van der Waals surface area contributed by atoms with Crippen molar-refractivity contribution in [2.24, 2.45) is 4.99 Å². The number of thioether (sulfide) groups is 1. The van der Waals surface area contributed by atoms with Gasteiger partial charge in [-0.25, -0.2) is 0 Å². The van der Waals surface area contributed by atoms with E-state index in [1.807, 2.05) is 42.1 Å². The van der Waals surface area contributed by atoms with Crippen molar-refractivity contribution in [1.82, 2.24) is 0 Å². The molecule has 2 aromatic rings. The van der Waals surface area contributed by atoms with Crippen LogP contribution in [-0.4, -0.2) is 28.0 Å². The first-order valence-electron chi connectivity index (χ1n) is 8.75. The molecule has 0 radical (unpaired) electrons. The summed E-state index contributed by atoms with van der Waals surface area (Å²) in [4.78, 5) is 4.96. The third-order valence-corrected chi connectivity index (χ3v) is 6.04. The molecule has 0 unspecified atom stereocenters. The van der Waals surface area contributed by atoms with Crippen molar-refractivity contribution in [3.8, 4) is 0 Å². The highest BCUT2D eigenvalue weighted by Crippen LogP contribution is 2.38. The second kappa shape index (κ2) is 7.10. The molecule has 0 saturated carbocycles. The molecule has 0 bridgehead atoms. The lowest BCUT2D eigenvalue weighted by molar-refractivity contribution is 0.280. The highest BCUT2D eigenvalue weighted by molar-refractivity contribution is 7.99. The van der Waals surface area contributed by atoms with Crippen molar-refractivity contribution in [2.45, 2.75) is 31.5 Å². The molecule has 4 rings (SSSR count). The lowest BCUT2D eigenvalue weighted by Crippen LogP contribution is -2.54. The van der Waals surface area contributed by atoms with Crippen LogP contribution in [0.25, 0.3) is 0 Å². The van der Waals surface area contributed by atoms with Gasteiger partial charge in [0.05, 0.1) is 30.1 Å². The number of nitrogens with zero attached hydrogens (tertiary/aromatic N) is 1. The molecule has 1 spiro atoms. The van der Waals surface area contributed by atoms with Gasteiger partial charge in [0, 0.05) is 0 Å². The van der Waals surface area contributed by atoms with Crippen molar-refractivity contribution >= 4 is 29.0 Å². The molecule has 130 valence electrons. The summed E-state index contributed by atoms with van der Waals surface area (Å²) in [5.74, 6) is 3.31. The zero-order valence-electron chi connectivity index (χ0n) is 14.2. The lowest BCUT2D eigenvalue weighted by atomic mass is 9.87.